The number of anilines is 1. The predicted molar refractivity (Wildman–Crippen MR) is 103 cm³/mol. The maximum absolute atomic E-state index is 12.8. The smallest absolute Gasteiger partial charge is 0.318 e. The van der Waals surface area contributed by atoms with Crippen LogP contribution in [0.2, 0.25) is 0 Å². The molecule has 3 amide bonds. The normalized spacial score (nSPS) is 25.5. The quantitative estimate of drug-likeness (QED) is 0.878. The van der Waals surface area contributed by atoms with Gasteiger partial charge >= 0.3 is 6.03 Å². The van der Waals surface area contributed by atoms with Gasteiger partial charge in [0.05, 0.1) is 20.3 Å². The number of hydrogen-bond acceptors (Lipinski definition) is 4. The van der Waals surface area contributed by atoms with Gasteiger partial charge in [0.1, 0.15) is 0 Å². The monoisotopic (exact) mass is 375 g/mol. The summed E-state index contributed by atoms with van der Waals surface area (Å²) in [5.41, 5.74) is 0.745. The van der Waals surface area contributed by atoms with Gasteiger partial charge < -0.3 is 24.6 Å². The first kappa shape index (κ1) is 19.3. The highest BCUT2D eigenvalue weighted by Gasteiger charge is 2.35. The molecule has 2 saturated heterocycles. The number of benzene rings is 1. The van der Waals surface area contributed by atoms with E-state index in [0.29, 0.717) is 24.5 Å². The van der Waals surface area contributed by atoms with E-state index in [4.69, 9.17) is 9.47 Å². The van der Waals surface area contributed by atoms with Crippen molar-refractivity contribution in [1.82, 2.24) is 10.2 Å². The Bertz CT molecular complexity index is 698. The summed E-state index contributed by atoms with van der Waals surface area (Å²) in [7, 11) is 3.14. The molecule has 7 nitrogen and oxygen atoms in total. The molecule has 0 radical (unpaired) electrons. The zero-order chi connectivity index (χ0) is 19.6. The Morgan fingerprint density at radius 1 is 1.11 bits per heavy atom. The summed E-state index contributed by atoms with van der Waals surface area (Å²) >= 11 is 0. The molecule has 0 unspecified atom stereocenters. The topological polar surface area (TPSA) is 71.1 Å². The second-order valence-electron chi connectivity index (χ2n) is 7.43. The summed E-state index contributed by atoms with van der Waals surface area (Å²) in [6.07, 6.45) is 3.51. The molecule has 0 spiro atoms. The molecule has 3 rings (SSSR count). The van der Waals surface area contributed by atoms with Crippen molar-refractivity contribution >= 4 is 17.6 Å². The molecule has 1 aromatic rings. The molecular formula is C20H29N3O4. The lowest BCUT2D eigenvalue weighted by Crippen LogP contribution is -2.54. The molecule has 148 valence electrons. The molecule has 0 saturated carbocycles. The lowest BCUT2D eigenvalue weighted by atomic mass is 9.98. The fraction of sp³-hybridized carbons (Fsp3) is 0.600. The number of rotatable bonds is 4. The third-order valence-corrected chi connectivity index (χ3v) is 5.56. The summed E-state index contributed by atoms with van der Waals surface area (Å²) in [5, 5.41) is 3.06. The first-order valence-electron chi connectivity index (χ1n) is 9.55. The second kappa shape index (κ2) is 8.06. The van der Waals surface area contributed by atoms with Crippen molar-refractivity contribution in [3.63, 3.8) is 0 Å². The largest absolute Gasteiger partial charge is 0.493 e. The van der Waals surface area contributed by atoms with Crippen LogP contribution in [-0.4, -0.2) is 55.7 Å². The lowest BCUT2D eigenvalue weighted by Gasteiger charge is -2.39. The molecule has 2 fully saturated rings. The number of hydrogen-bond donors (Lipinski definition) is 1. The van der Waals surface area contributed by atoms with E-state index < -0.39 is 0 Å². The number of carbonyl (C=O) groups excluding carboxylic acids is 2. The van der Waals surface area contributed by atoms with Gasteiger partial charge in [-0.2, -0.15) is 0 Å². The number of piperidine rings is 1. The van der Waals surface area contributed by atoms with Crippen molar-refractivity contribution < 1.29 is 19.1 Å². The Labute approximate surface area is 160 Å². The summed E-state index contributed by atoms with van der Waals surface area (Å²) < 4.78 is 10.6. The van der Waals surface area contributed by atoms with Gasteiger partial charge in [-0.1, -0.05) is 0 Å². The Morgan fingerprint density at radius 2 is 1.78 bits per heavy atom. The van der Waals surface area contributed by atoms with Gasteiger partial charge in [-0.05, 0) is 45.2 Å². The van der Waals surface area contributed by atoms with E-state index in [2.05, 4.69) is 19.2 Å². The molecule has 0 bridgehead atoms. The number of ether oxygens (including phenoxy) is 2. The third-order valence-electron chi connectivity index (χ3n) is 5.56. The Kier molecular flexibility index (Phi) is 5.77. The van der Waals surface area contributed by atoms with Crippen molar-refractivity contribution in [3.8, 4) is 11.5 Å². The van der Waals surface area contributed by atoms with Crippen LogP contribution in [0.25, 0.3) is 0 Å². The molecule has 7 heteroatoms. The van der Waals surface area contributed by atoms with Gasteiger partial charge in [-0.15, -0.1) is 0 Å². The van der Waals surface area contributed by atoms with E-state index in [-0.39, 0.29) is 30.1 Å². The standard InChI is InChI=1S/C20H29N3O4/c1-13-6-5-7-14(2)23(13)20(25)21-15-10-19(24)22(12-15)16-8-9-17(26-3)18(11-16)27-4/h8-9,11,13-15H,5-7,10,12H2,1-4H3,(H,21,25)/t13-,14+,15-/m1/s1. The van der Waals surface area contributed by atoms with Gasteiger partial charge in [0.25, 0.3) is 0 Å². The highest BCUT2D eigenvalue weighted by molar-refractivity contribution is 5.97. The minimum atomic E-state index is -0.195. The van der Waals surface area contributed by atoms with E-state index in [1.807, 2.05) is 11.0 Å². The molecule has 1 aromatic carbocycles. The Morgan fingerprint density at radius 3 is 2.41 bits per heavy atom. The molecule has 3 atom stereocenters. The van der Waals surface area contributed by atoms with Crippen LogP contribution in [0.4, 0.5) is 10.5 Å². The Hall–Kier alpha value is -2.44. The van der Waals surface area contributed by atoms with Crippen molar-refractivity contribution in [3.05, 3.63) is 18.2 Å². The molecule has 27 heavy (non-hydrogen) atoms. The van der Waals surface area contributed by atoms with Gasteiger partial charge in [0, 0.05) is 36.8 Å². The number of carbonyl (C=O) groups is 2. The first-order chi connectivity index (χ1) is 12.9. The van der Waals surface area contributed by atoms with Crippen molar-refractivity contribution in [2.45, 2.75) is 57.7 Å². The number of amides is 3. The average molecular weight is 375 g/mol. The third kappa shape index (κ3) is 3.96. The molecule has 2 heterocycles. The maximum atomic E-state index is 12.8. The molecular weight excluding hydrogens is 346 g/mol. The van der Waals surface area contributed by atoms with Crippen molar-refractivity contribution in [2.75, 3.05) is 25.7 Å². The zero-order valence-corrected chi connectivity index (χ0v) is 16.5. The van der Waals surface area contributed by atoms with Crippen LogP contribution in [0.1, 0.15) is 39.5 Å². The van der Waals surface area contributed by atoms with E-state index in [0.717, 1.165) is 24.9 Å². The van der Waals surface area contributed by atoms with E-state index in [1.54, 1.807) is 31.3 Å². The minimum absolute atomic E-state index is 0.00717. The fourth-order valence-electron chi connectivity index (χ4n) is 4.12. The lowest BCUT2D eigenvalue weighted by molar-refractivity contribution is -0.117. The van der Waals surface area contributed by atoms with Crippen molar-refractivity contribution in [2.24, 2.45) is 0 Å². The van der Waals surface area contributed by atoms with Crippen LogP contribution < -0.4 is 19.7 Å². The number of urea groups is 1. The van der Waals surface area contributed by atoms with Gasteiger partial charge in [-0.3, -0.25) is 4.79 Å². The van der Waals surface area contributed by atoms with Crippen LogP contribution in [0, 0.1) is 0 Å². The molecule has 1 N–H and O–H groups in total. The summed E-state index contributed by atoms with van der Waals surface area (Å²) in [4.78, 5) is 28.9. The second-order valence-corrected chi connectivity index (χ2v) is 7.43. The Balaban J connectivity index is 1.68. The van der Waals surface area contributed by atoms with Crippen LogP contribution in [-0.2, 0) is 4.79 Å². The molecule has 2 aliphatic heterocycles. The number of nitrogens with one attached hydrogen (secondary N) is 1. The van der Waals surface area contributed by atoms with E-state index in [1.165, 1.54) is 0 Å². The molecule has 2 aliphatic rings. The fourth-order valence-corrected chi connectivity index (χ4v) is 4.12. The number of methoxy groups -OCH3 is 2. The summed E-state index contributed by atoms with van der Waals surface area (Å²) in [6, 6.07) is 5.60. The number of nitrogens with zero attached hydrogens (tertiary/aromatic N) is 2. The van der Waals surface area contributed by atoms with Crippen LogP contribution in [0.3, 0.4) is 0 Å². The highest BCUT2D eigenvalue weighted by Crippen LogP contribution is 2.33. The molecule has 0 aliphatic carbocycles. The number of likely N-dealkylation sites (tertiary alicyclic amines) is 1. The van der Waals surface area contributed by atoms with Crippen LogP contribution >= 0.6 is 0 Å². The molecule has 0 aromatic heterocycles. The predicted octanol–water partition coefficient (Wildman–Crippen LogP) is 2.78. The SMILES string of the molecule is COc1ccc(N2C[C@H](NC(=O)N3[C@H](C)CCC[C@@H]3C)CC2=O)cc1OC. The van der Waals surface area contributed by atoms with Crippen LogP contribution in [0.5, 0.6) is 11.5 Å². The summed E-state index contributed by atoms with van der Waals surface area (Å²) in [5.74, 6) is 1.18. The van der Waals surface area contributed by atoms with Gasteiger partial charge in [-0.25, -0.2) is 4.79 Å². The first-order valence-corrected chi connectivity index (χ1v) is 9.55. The minimum Gasteiger partial charge on any atom is -0.493 e. The van der Waals surface area contributed by atoms with Crippen molar-refractivity contribution in [1.29, 1.82) is 0 Å². The van der Waals surface area contributed by atoms with Gasteiger partial charge in [0.2, 0.25) is 5.91 Å². The average Bonchev–Trinajstić information content (AvgIpc) is 3.01. The zero-order valence-electron chi connectivity index (χ0n) is 16.5. The van der Waals surface area contributed by atoms with E-state index >= 15 is 0 Å². The van der Waals surface area contributed by atoms with Crippen LogP contribution in [0.15, 0.2) is 18.2 Å². The van der Waals surface area contributed by atoms with Gasteiger partial charge in [0.15, 0.2) is 11.5 Å². The van der Waals surface area contributed by atoms with E-state index in [9.17, 15) is 9.59 Å². The highest BCUT2D eigenvalue weighted by atomic mass is 16.5. The maximum Gasteiger partial charge on any atom is 0.318 e. The summed E-state index contributed by atoms with van der Waals surface area (Å²) in [6.45, 7) is 4.63.